The SMILES string of the molecule is CCn1c(SCC(=O)NC[C@@H]2COc3ccccc3O2)nnc1C1CC1. The first-order chi connectivity index (χ1) is 12.7. The van der Waals surface area contributed by atoms with Gasteiger partial charge in [0, 0.05) is 12.5 Å². The van der Waals surface area contributed by atoms with Crippen molar-refractivity contribution < 1.29 is 14.3 Å². The molecule has 1 aliphatic carbocycles. The van der Waals surface area contributed by atoms with E-state index in [0.29, 0.717) is 24.8 Å². The first kappa shape index (κ1) is 17.2. The van der Waals surface area contributed by atoms with Crippen molar-refractivity contribution in [2.75, 3.05) is 18.9 Å². The van der Waals surface area contributed by atoms with Crippen molar-refractivity contribution in [2.24, 2.45) is 0 Å². The van der Waals surface area contributed by atoms with Gasteiger partial charge < -0.3 is 19.4 Å². The van der Waals surface area contributed by atoms with Crippen LogP contribution in [0.1, 0.15) is 31.5 Å². The van der Waals surface area contributed by atoms with Crippen LogP contribution in [0.25, 0.3) is 0 Å². The molecule has 1 aromatic carbocycles. The minimum Gasteiger partial charge on any atom is -0.486 e. The smallest absolute Gasteiger partial charge is 0.230 e. The van der Waals surface area contributed by atoms with Gasteiger partial charge in [0.25, 0.3) is 0 Å². The minimum absolute atomic E-state index is 0.0453. The molecule has 0 unspecified atom stereocenters. The Labute approximate surface area is 156 Å². The summed E-state index contributed by atoms with van der Waals surface area (Å²) < 4.78 is 13.6. The number of para-hydroxylation sites is 2. The first-order valence-electron chi connectivity index (χ1n) is 8.95. The van der Waals surface area contributed by atoms with E-state index >= 15 is 0 Å². The fourth-order valence-corrected chi connectivity index (χ4v) is 3.76. The van der Waals surface area contributed by atoms with Crippen molar-refractivity contribution in [2.45, 2.75) is 43.5 Å². The molecule has 26 heavy (non-hydrogen) atoms. The Kier molecular flexibility index (Phi) is 5.01. The third-order valence-electron chi connectivity index (χ3n) is 4.43. The number of hydrogen-bond donors (Lipinski definition) is 1. The number of rotatable bonds is 7. The highest BCUT2D eigenvalue weighted by molar-refractivity contribution is 7.99. The number of fused-ring (bicyclic) bond motifs is 1. The Morgan fingerprint density at radius 3 is 2.88 bits per heavy atom. The van der Waals surface area contributed by atoms with Crippen LogP contribution < -0.4 is 14.8 Å². The summed E-state index contributed by atoms with van der Waals surface area (Å²) in [6.45, 7) is 3.76. The summed E-state index contributed by atoms with van der Waals surface area (Å²) in [6, 6.07) is 7.56. The summed E-state index contributed by atoms with van der Waals surface area (Å²) in [4.78, 5) is 12.2. The van der Waals surface area contributed by atoms with E-state index in [2.05, 4.69) is 27.0 Å². The second-order valence-electron chi connectivity index (χ2n) is 6.45. The van der Waals surface area contributed by atoms with Gasteiger partial charge in [0.2, 0.25) is 5.91 Å². The third-order valence-corrected chi connectivity index (χ3v) is 5.40. The molecular weight excluding hydrogens is 352 g/mol. The number of thioether (sulfide) groups is 1. The Bertz CT molecular complexity index is 790. The lowest BCUT2D eigenvalue weighted by molar-refractivity contribution is -0.119. The van der Waals surface area contributed by atoms with Gasteiger partial charge in [-0.1, -0.05) is 23.9 Å². The number of amides is 1. The standard InChI is InChI=1S/C18H22N4O3S/c1-2-22-17(12-7-8-12)20-21-18(22)26-11-16(23)19-9-13-10-24-14-5-3-4-6-15(14)25-13/h3-6,12-13H,2,7-11H2,1H3,(H,19,23)/t13-/m1/s1. The first-order valence-corrected chi connectivity index (χ1v) is 9.94. The Hall–Kier alpha value is -2.22. The van der Waals surface area contributed by atoms with Crippen molar-refractivity contribution >= 4 is 17.7 Å². The zero-order valence-corrected chi connectivity index (χ0v) is 15.5. The lowest BCUT2D eigenvalue weighted by Crippen LogP contribution is -2.41. The van der Waals surface area contributed by atoms with Gasteiger partial charge in [-0.05, 0) is 31.9 Å². The molecule has 8 heteroatoms. The summed E-state index contributed by atoms with van der Waals surface area (Å²) in [6.07, 6.45) is 2.20. The van der Waals surface area contributed by atoms with Crippen molar-refractivity contribution in [3.05, 3.63) is 30.1 Å². The highest BCUT2D eigenvalue weighted by Gasteiger charge is 2.30. The van der Waals surface area contributed by atoms with Crippen LogP contribution in [0.4, 0.5) is 0 Å². The van der Waals surface area contributed by atoms with Crippen molar-refractivity contribution in [1.82, 2.24) is 20.1 Å². The lowest BCUT2D eigenvalue weighted by Gasteiger charge is -2.26. The molecule has 1 N–H and O–H groups in total. The van der Waals surface area contributed by atoms with E-state index in [1.165, 1.54) is 24.6 Å². The maximum absolute atomic E-state index is 12.2. The molecule has 2 heterocycles. The van der Waals surface area contributed by atoms with Gasteiger partial charge in [-0.2, -0.15) is 0 Å². The maximum atomic E-state index is 12.2. The molecular formula is C18H22N4O3S. The number of benzene rings is 1. The van der Waals surface area contributed by atoms with E-state index in [1.54, 1.807) is 0 Å². The highest BCUT2D eigenvalue weighted by atomic mass is 32.2. The van der Waals surface area contributed by atoms with Crippen LogP contribution in [-0.4, -0.2) is 45.7 Å². The largest absolute Gasteiger partial charge is 0.486 e. The van der Waals surface area contributed by atoms with Gasteiger partial charge in [-0.15, -0.1) is 10.2 Å². The average Bonchev–Trinajstić information content (AvgIpc) is 3.44. The fourth-order valence-electron chi connectivity index (χ4n) is 2.92. The molecule has 2 aliphatic rings. The Balaban J connectivity index is 1.25. The molecule has 1 saturated carbocycles. The summed E-state index contributed by atoms with van der Waals surface area (Å²) >= 11 is 1.43. The van der Waals surface area contributed by atoms with E-state index in [-0.39, 0.29) is 12.0 Å². The molecule has 1 amide bonds. The third kappa shape index (κ3) is 3.80. The molecule has 0 spiro atoms. The number of carbonyl (C=O) groups excluding carboxylic acids is 1. The van der Waals surface area contributed by atoms with E-state index in [1.807, 2.05) is 24.3 Å². The van der Waals surface area contributed by atoms with Gasteiger partial charge in [0.15, 0.2) is 16.7 Å². The van der Waals surface area contributed by atoms with Gasteiger partial charge in [-0.3, -0.25) is 4.79 Å². The summed E-state index contributed by atoms with van der Waals surface area (Å²) in [7, 11) is 0. The van der Waals surface area contributed by atoms with E-state index in [4.69, 9.17) is 9.47 Å². The topological polar surface area (TPSA) is 78.3 Å². The molecule has 1 fully saturated rings. The monoisotopic (exact) mass is 374 g/mol. The highest BCUT2D eigenvalue weighted by Crippen LogP contribution is 2.40. The number of hydrogen-bond acceptors (Lipinski definition) is 6. The van der Waals surface area contributed by atoms with Gasteiger partial charge in [0.05, 0.1) is 12.3 Å². The molecule has 1 aromatic heterocycles. The quantitative estimate of drug-likeness (QED) is 0.749. The number of carbonyl (C=O) groups is 1. The molecule has 0 bridgehead atoms. The molecule has 4 rings (SSSR count). The van der Waals surface area contributed by atoms with Crippen LogP contribution >= 0.6 is 11.8 Å². The van der Waals surface area contributed by atoms with Crippen molar-refractivity contribution in [3.63, 3.8) is 0 Å². The molecule has 138 valence electrons. The second-order valence-corrected chi connectivity index (χ2v) is 7.39. The van der Waals surface area contributed by atoms with Gasteiger partial charge in [0.1, 0.15) is 18.5 Å². The molecule has 1 atom stereocenters. The lowest BCUT2D eigenvalue weighted by atomic mass is 10.2. The molecule has 2 aromatic rings. The molecule has 7 nitrogen and oxygen atoms in total. The molecule has 0 saturated heterocycles. The average molecular weight is 374 g/mol. The summed E-state index contributed by atoms with van der Waals surface area (Å²) in [5.41, 5.74) is 0. The predicted octanol–water partition coefficient (Wildman–Crippen LogP) is 2.22. The Morgan fingerprint density at radius 2 is 2.12 bits per heavy atom. The van der Waals surface area contributed by atoms with Crippen molar-refractivity contribution in [3.8, 4) is 11.5 Å². The van der Waals surface area contributed by atoms with E-state index in [9.17, 15) is 4.79 Å². The fraction of sp³-hybridized carbons (Fsp3) is 0.500. The minimum atomic E-state index is -0.181. The zero-order chi connectivity index (χ0) is 17.9. The van der Waals surface area contributed by atoms with Gasteiger partial charge >= 0.3 is 0 Å². The van der Waals surface area contributed by atoms with Crippen LogP contribution in [0, 0.1) is 0 Å². The zero-order valence-electron chi connectivity index (χ0n) is 14.7. The predicted molar refractivity (Wildman–Crippen MR) is 97.8 cm³/mol. The maximum Gasteiger partial charge on any atom is 0.230 e. The van der Waals surface area contributed by atoms with Crippen molar-refractivity contribution in [1.29, 1.82) is 0 Å². The summed E-state index contributed by atoms with van der Waals surface area (Å²) in [5, 5.41) is 12.3. The van der Waals surface area contributed by atoms with Crippen LogP contribution in [0.2, 0.25) is 0 Å². The Morgan fingerprint density at radius 1 is 1.31 bits per heavy atom. The van der Waals surface area contributed by atoms with Gasteiger partial charge in [-0.25, -0.2) is 0 Å². The second kappa shape index (κ2) is 7.57. The summed E-state index contributed by atoms with van der Waals surface area (Å²) in [5.74, 6) is 3.34. The van der Waals surface area contributed by atoms with Crippen LogP contribution in [-0.2, 0) is 11.3 Å². The van der Waals surface area contributed by atoms with E-state index in [0.717, 1.165) is 29.0 Å². The van der Waals surface area contributed by atoms with Crippen LogP contribution in [0.15, 0.2) is 29.4 Å². The van der Waals surface area contributed by atoms with E-state index < -0.39 is 0 Å². The number of nitrogens with one attached hydrogen (secondary N) is 1. The number of ether oxygens (including phenoxy) is 2. The normalized spacial score (nSPS) is 18.6. The molecule has 0 radical (unpaired) electrons. The van der Waals surface area contributed by atoms with Crippen LogP contribution in [0.3, 0.4) is 0 Å². The van der Waals surface area contributed by atoms with Crippen LogP contribution in [0.5, 0.6) is 11.5 Å². The number of aromatic nitrogens is 3. The number of nitrogens with zero attached hydrogens (tertiary/aromatic N) is 3. The molecule has 1 aliphatic heterocycles.